The lowest BCUT2D eigenvalue weighted by Crippen LogP contribution is -1.81. The summed E-state index contributed by atoms with van der Waals surface area (Å²) in [6, 6.07) is 5.29. The zero-order chi connectivity index (χ0) is 7.56. The Hall–Kier alpha value is -0.830. The number of aryl methyl sites for hydroxylation is 1. The van der Waals surface area contributed by atoms with Crippen molar-refractivity contribution in [1.29, 1.82) is 0 Å². The Morgan fingerprint density at radius 2 is 2.20 bits per heavy atom. The first kappa shape index (κ1) is 7.28. The van der Waals surface area contributed by atoms with Gasteiger partial charge in [0.25, 0.3) is 0 Å². The minimum Gasteiger partial charge on any atom is -0.506 e. The number of benzene rings is 1. The van der Waals surface area contributed by atoms with Crippen molar-refractivity contribution in [2.75, 3.05) is 4.72 Å². The van der Waals surface area contributed by atoms with Crippen molar-refractivity contribution in [3.63, 3.8) is 0 Å². The summed E-state index contributed by atoms with van der Waals surface area (Å²) in [6.07, 6.45) is 0. The van der Waals surface area contributed by atoms with Gasteiger partial charge in [0.2, 0.25) is 0 Å². The first-order chi connectivity index (χ1) is 4.74. The van der Waals surface area contributed by atoms with Crippen molar-refractivity contribution < 1.29 is 5.11 Å². The topological polar surface area (TPSA) is 32.3 Å². The van der Waals surface area contributed by atoms with E-state index in [0.29, 0.717) is 5.69 Å². The van der Waals surface area contributed by atoms with Crippen LogP contribution < -0.4 is 4.72 Å². The molecule has 0 fully saturated rings. The number of hydrogen-bond donors (Lipinski definition) is 3. The van der Waals surface area contributed by atoms with Crippen LogP contribution >= 0.6 is 12.8 Å². The fourth-order valence-corrected chi connectivity index (χ4v) is 0.919. The van der Waals surface area contributed by atoms with Gasteiger partial charge in [-0.2, -0.15) is 0 Å². The molecule has 0 aliphatic carbocycles. The Morgan fingerprint density at radius 1 is 1.50 bits per heavy atom. The van der Waals surface area contributed by atoms with E-state index in [1.165, 1.54) is 0 Å². The SMILES string of the molecule is Cc1ccc(O)c(NS)c1. The monoisotopic (exact) mass is 155 g/mol. The number of phenols is 1. The van der Waals surface area contributed by atoms with Gasteiger partial charge in [-0.05, 0) is 24.6 Å². The van der Waals surface area contributed by atoms with Crippen molar-refractivity contribution in [3.8, 4) is 5.75 Å². The molecule has 0 aliphatic rings. The number of hydrogen-bond acceptors (Lipinski definition) is 3. The summed E-state index contributed by atoms with van der Waals surface area (Å²) in [5.41, 5.74) is 1.73. The van der Waals surface area contributed by atoms with Crippen molar-refractivity contribution in [2.45, 2.75) is 6.92 Å². The number of aromatic hydroxyl groups is 1. The van der Waals surface area contributed by atoms with Crippen molar-refractivity contribution in [1.82, 2.24) is 0 Å². The summed E-state index contributed by atoms with van der Waals surface area (Å²) in [6.45, 7) is 1.95. The predicted molar refractivity (Wildman–Crippen MR) is 45.5 cm³/mol. The Kier molecular flexibility index (Phi) is 2.06. The van der Waals surface area contributed by atoms with E-state index in [4.69, 9.17) is 5.11 Å². The summed E-state index contributed by atoms with van der Waals surface area (Å²) in [5.74, 6) is 0.223. The van der Waals surface area contributed by atoms with Crippen molar-refractivity contribution >= 4 is 18.5 Å². The van der Waals surface area contributed by atoms with Gasteiger partial charge in [-0.1, -0.05) is 18.9 Å². The van der Waals surface area contributed by atoms with Crippen LogP contribution in [0.25, 0.3) is 0 Å². The van der Waals surface area contributed by atoms with Crippen LogP contribution in [0, 0.1) is 6.92 Å². The van der Waals surface area contributed by atoms with Crippen molar-refractivity contribution in [3.05, 3.63) is 23.8 Å². The van der Waals surface area contributed by atoms with Crippen LogP contribution in [-0.2, 0) is 0 Å². The van der Waals surface area contributed by atoms with E-state index in [1.807, 2.05) is 19.1 Å². The summed E-state index contributed by atoms with van der Waals surface area (Å²) in [7, 11) is 0. The highest BCUT2D eigenvalue weighted by Gasteiger charge is 1.96. The molecule has 54 valence electrons. The molecule has 3 heteroatoms. The lowest BCUT2D eigenvalue weighted by atomic mass is 10.2. The number of rotatable bonds is 1. The number of anilines is 1. The van der Waals surface area contributed by atoms with Crippen LogP contribution in [0.5, 0.6) is 5.75 Å². The van der Waals surface area contributed by atoms with Gasteiger partial charge in [-0.15, -0.1) is 0 Å². The second-order valence-corrected chi connectivity index (χ2v) is 2.36. The molecule has 0 heterocycles. The molecule has 0 saturated carbocycles. The molecule has 1 aromatic carbocycles. The number of nitrogens with one attached hydrogen (secondary N) is 1. The average molecular weight is 155 g/mol. The highest BCUT2D eigenvalue weighted by molar-refractivity contribution is 7.81. The number of thiol groups is 1. The molecule has 0 amide bonds. The standard InChI is InChI=1S/C7H9NOS/c1-5-2-3-7(9)6(4-5)8-10/h2-4,8-10H,1H3. The fourth-order valence-electron chi connectivity index (χ4n) is 0.739. The summed E-state index contributed by atoms with van der Waals surface area (Å²) in [5, 5.41) is 9.12. The normalized spacial score (nSPS) is 9.40. The third-order valence-corrected chi connectivity index (χ3v) is 1.51. The zero-order valence-electron chi connectivity index (χ0n) is 5.63. The molecule has 0 unspecified atom stereocenters. The smallest absolute Gasteiger partial charge is 0.139 e. The van der Waals surface area contributed by atoms with Crippen LogP contribution in [0.3, 0.4) is 0 Å². The minimum absolute atomic E-state index is 0.223. The second-order valence-electron chi connectivity index (χ2n) is 2.13. The van der Waals surface area contributed by atoms with E-state index in [1.54, 1.807) is 6.07 Å². The molecule has 0 saturated heterocycles. The van der Waals surface area contributed by atoms with E-state index in [-0.39, 0.29) is 5.75 Å². The van der Waals surface area contributed by atoms with E-state index in [2.05, 4.69) is 17.5 Å². The van der Waals surface area contributed by atoms with E-state index < -0.39 is 0 Å². The van der Waals surface area contributed by atoms with E-state index >= 15 is 0 Å². The van der Waals surface area contributed by atoms with Crippen LogP contribution in [0.1, 0.15) is 5.56 Å². The molecule has 10 heavy (non-hydrogen) atoms. The quantitative estimate of drug-likeness (QED) is 0.428. The highest BCUT2D eigenvalue weighted by atomic mass is 32.1. The Morgan fingerprint density at radius 3 is 2.70 bits per heavy atom. The van der Waals surface area contributed by atoms with Gasteiger partial charge in [0, 0.05) is 0 Å². The third kappa shape index (κ3) is 1.36. The van der Waals surface area contributed by atoms with Crippen molar-refractivity contribution in [2.24, 2.45) is 0 Å². The van der Waals surface area contributed by atoms with Gasteiger partial charge in [0.1, 0.15) is 5.75 Å². The Balaban J connectivity index is 3.09. The summed E-state index contributed by atoms with van der Waals surface area (Å²) in [4.78, 5) is 0. The molecule has 0 aliphatic heterocycles. The molecule has 0 aromatic heterocycles. The van der Waals surface area contributed by atoms with Crippen LogP contribution in [0.4, 0.5) is 5.69 Å². The minimum atomic E-state index is 0.223. The molecule has 2 N–H and O–H groups in total. The molecule has 1 aromatic rings. The largest absolute Gasteiger partial charge is 0.506 e. The first-order valence-corrected chi connectivity index (χ1v) is 3.38. The summed E-state index contributed by atoms with van der Waals surface area (Å²) >= 11 is 3.82. The third-order valence-electron chi connectivity index (χ3n) is 1.27. The molecule has 0 atom stereocenters. The summed E-state index contributed by atoms with van der Waals surface area (Å²) < 4.78 is 2.58. The van der Waals surface area contributed by atoms with E-state index in [0.717, 1.165) is 5.56 Å². The van der Waals surface area contributed by atoms with E-state index in [9.17, 15) is 0 Å². The fraction of sp³-hybridized carbons (Fsp3) is 0.143. The molecule has 2 nitrogen and oxygen atoms in total. The molecule has 0 bridgehead atoms. The highest BCUT2D eigenvalue weighted by Crippen LogP contribution is 2.23. The molecular weight excluding hydrogens is 146 g/mol. The first-order valence-electron chi connectivity index (χ1n) is 2.94. The average Bonchev–Trinajstić information content (AvgIpc) is 1.94. The zero-order valence-corrected chi connectivity index (χ0v) is 6.52. The maximum absolute atomic E-state index is 9.12. The van der Waals surface area contributed by atoms with Gasteiger partial charge >= 0.3 is 0 Å². The van der Waals surface area contributed by atoms with Crippen LogP contribution in [-0.4, -0.2) is 5.11 Å². The van der Waals surface area contributed by atoms with Crippen LogP contribution in [0.2, 0.25) is 0 Å². The van der Waals surface area contributed by atoms with Gasteiger partial charge in [0.15, 0.2) is 0 Å². The van der Waals surface area contributed by atoms with Gasteiger partial charge < -0.3 is 9.83 Å². The molecule has 1 rings (SSSR count). The second kappa shape index (κ2) is 2.84. The lowest BCUT2D eigenvalue weighted by molar-refractivity contribution is 0.478. The van der Waals surface area contributed by atoms with Gasteiger partial charge in [0.05, 0.1) is 5.69 Å². The van der Waals surface area contributed by atoms with Gasteiger partial charge in [-0.3, -0.25) is 0 Å². The lowest BCUT2D eigenvalue weighted by Gasteiger charge is -2.02. The molecule has 0 spiro atoms. The Labute approximate surface area is 65.4 Å². The predicted octanol–water partition coefficient (Wildman–Crippen LogP) is 1.96. The maximum Gasteiger partial charge on any atom is 0.139 e. The van der Waals surface area contributed by atoms with Gasteiger partial charge in [-0.25, -0.2) is 0 Å². The molecular formula is C7H9NOS. The molecule has 0 radical (unpaired) electrons. The van der Waals surface area contributed by atoms with Crippen LogP contribution in [0.15, 0.2) is 18.2 Å². The Bertz CT molecular complexity index is 237. The maximum atomic E-state index is 9.12. The number of phenolic OH excluding ortho intramolecular Hbond substituents is 1.